The lowest BCUT2D eigenvalue weighted by Crippen LogP contribution is -2.10. The molecule has 0 aromatic rings. The van der Waals surface area contributed by atoms with Crippen LogP contribution in [0.5, 0.6) is 0 Å². The zero-order valence-electron chi connectivity index (χ0n) is 10.9. The summed E-state index contributed by atoms with van der Waals surface area (Å²) in [6, 6.07) is 0. The molecule has 0 atom stereocenters. The van der Waals surface area contributed by atoms with Gasteiger partial charge >= 0.3 is 10.4 Å². The third-order valence-electron chi connectivity index (χ3n) is 2.41. The Morgan fingerprint density at radius 1 is 0.938 bits per heavy atom. The lowest BCUT2D eigenvalue weighted by molar-refractivity contribution is 0.289. The van der Waals surface area contributed by atoms with Crippen LogP contribution in [-0.2, 0) is 10.4 Å². The lowest BCUT2D eigenvalue weighted by atomic mass is 9.82. The van der Waals surface area contributed by atoms with E-state index < -0.39 is 10.4 Å². The number of rotatable bonds is 6. The van der Waals surface area contributed by atoms with Gasteiger partial charge in [0.25, 0.3) is 0 Å². The summed E-state index contributed by atoms with van der Waals surface area (Å²) in [6.45, 7) is 9.35. The van der Waals surface area contributed by atoms with Crippen LogP contribution in [0.4, 0.5) is 0 Å². The van der Waals surface area contributed by atoms with Crippen molar-refractivity contribution in [1.29, 1.82) is 0 Å². The summed E-state index contributed by atoms with van der Waals surface area (Å²) in [7, 11) is -4.67. The molecule has 4 nitrogen and oxygen atoms in total. The first-order valence-corrected chi connectivity index (χ1v) is 7.22. The average Bonchev–Trinajstić information content (AvgIpc) is 2.09. The second-order valence-electron chi connectivity index (χ2n) is 4.82. The van der Waals surface area contributed by atoms with Crippen LogP contribution in [0.2, 0.25) is 0 Å². The predicted molar refractivity (Wildman–Crippen MR) is 67.0 cm³/mol. The Morgan fingerprint density at radius 2 is 1.19 bits per heavy atom. The Bertz CT molecular complexity index is 227. The lowest BCUT2D eigenvalue weighted by Gasteiger charge is -2.23. The summed E-state index contributed by atoms with van der Waals surface area (Å²) in [5.74, 6) is 0. The number of hydrogen-bond donors (Lipinski definition) is 2. The molecule has 0 saturated carbocycles. The van der Waals surface area contributed by atoms with Gasteiger partial charge in [0.05, 0.1) is 0 Å². The Hall–Kier alpha value is -0.130. The normalized spacial score (nSPS) is 11.9. The van der Waals surface area contributed by atoms with Crippen LogP contribution in [0.1, 0.15) is 66.2 Å². The zero-order valence-corrected chi connectivity index (χ0v) is 11.7. The molecule has 0 aromatic heterocycles. The molecule has 0 bridgehead atoms. The smallest absolute Gasteiger partial charge is 0.264 e. The van der Waals surface area contributed by atoms with Gasteiger partial charge in [-0.15, -0.1) is 0 Å². The Morgan fingerprint density at radius 3 is 1.38 bits per heavy atom. The summed E-state index contributed by atoms with van der Waals surface area (Å²) in [6.07, 6.45) is 8.30. The molecule has 0 rings (SSSR count). The first kappa shape index (κ1) is 18.2. The van der Waals surface area contributed by atoms with Crippen molar-refractivity contribution >= 4 is 10.4 Å². The summed E-state index contributed by atoms with van der Waals surface area (Å²) in [4.78, 5) is 0. The predicted octanol–water partition coefficient (Wildman–Crippen LogP) is 3.74. The summed E-state index contributed by atoms with van der Waals surface area (Å²) in [5, 5.41) is 0. The van der Waals surface area contributed by atoms with Crippen LogP contribution in [0.15, 0.2) is 0 Å². The van der Waals surface area contributed by atoms with Gasteiger partial charge in [-0.2, -0.15) is 8.42 Å². The molecule has 0 radical (unpaired) electrons. The van der Waals surface area contributed by atoms with Gasteiger partial charge in [-0.25, -0.2) is 0 Å². The van der Waals surface area contributed by atoms with Crippen LogP contribution in [0.25, 0.3) is 0 Å². The summed E-state index contributed by atoms with van der Waals surface area (Å²) in [5.41, 5.74) is 0.603. The van der Waals surface area contributed by atoms with Crippen molar-refractivity contribution in [3.05, 3.63) is 0 Å². The molecule has 5 heteroatoms. The van der Waals surface area contributed by atoms with Gasteiger partial charge in [0.2, 0.25) is 0 Å². The number of hydrogen-bond acceptors (Lipinski definition) is 2. The van der Waals surface area contributed by atoms with E-state index in [0.717, 1.165) is 0 Å². The number of unbranched alkanes of at least 4 members (excludes halogenated alkanes) is 2. The highest BCUT2D eigenvalue weighted by Gasteiger charge is 2.15. The van der Waals surface area contributed by atoms with Crippen molar-refractivity contribution < 1.29 is 17.5 Å². The van der Waals surface area contributed by atoms with E-state index in [2.05, 4.69) is 27.7 Å². The van der Waals surface area contributed by atoms with E-state index in [1.54, 1.807) is 0 Å². The molecule has 0 saturated heterocycles. The maximum Gasteiger partial charge on any atom is 0.394 e. The van der Waals surface area contributed by atoms with Gasteiger partial charge in [-0.05, 0) is 18.3 Å². The molecule has 16 heavy (non-hydrogen) atoms. The summed E-state index contributed by atoms with van der Waals surface area (Å²) >= 11 is 0. The molecular weight excluding hydrogens is 228 g/mol. The fraction of sp³-hybridized carbons (Fsp3) is 1.00. The second-order valence-corrected chi connectivity index (χ2v) is 5.71. The van der Waals surface area contributed by atoms with E-state index in [1.165, 1.54) is 38.5 Å². The fourth-order valence-electron chi connectivity index (χ4n) is 1.44. The van der Waals surface area contributed by atoms with Crippen molar-refractivity contribution in [2.75, 3.05) is 0 Å². The van der Waals surface area contributed by atoms with Crippen LogP contribution in [0.3, 0.4) is 0 Å². The van der Waals surface area contributed by atoms with Gasteiger partial charge in [-0.3, -0.25) is 9.11 Å². The second kappa shape index (κ2) is 8.96. The molecule has 0 unspecified atom stereocenters. The monoisotopic (exact) mass is 254 g/mol. The van der Waals surface area contributed by atoms with Crippen LogP contribution in [-0.4, -0.2) is 17.5 Å². The highest BCUT2D eigenvalue weighted by atomic mass is 32.3. The topological polar surface area (TPSA) is 74.6 Å². The minimum absolute atomic E-state index is 0.603. The third-order valence-corrected chi connectivity index (χ3v) is 2.41. The Balaban J connectivity index is 0. The van der Waals surface area contributed by atoms with Crippen LogP contribution < -0.4 is 0 Å². The van der Waals surface area contributed by atoms with Crippen molar-refractivity contribution in [1.82, 2.24) is 0 Å². The maximum atomic E-state index is 8.74. The van der Waals surface area contributed by atoms with Crippen molar-refractivity contribution in [2.24, 2.45) is 5.41 Å². The molecule has 0 aliphatic carbocycles. The van der Waals surface area contributed by atoms with E-state index in [9.17, 15) is 0 Å². The largest absolute Gasteiger partial charge is 0.394 e. The van der Waals surface area contributed by atoms with Crippen molar-refractivity contribution in [2.45, 2.75) is 66.2 Å². The molecule has 100 valence electrons. The Labute approximate surface area is 100 Å². The first-order valence-electron chi connectivity index (χ1n) is 5.82. The highest BCUT2D eigenvalue weighted by Crippen LogP contribution is 2.29. The quantitative estimate of drug-likeness (QED) is 0.708. The van der Waals surface area contributed by atoms with Gasteiger partial charge in [0, 0.05) is 0 Å². The van der Waals surface area contributed by atoms with E-state index in [-0.39, 0.29) is 0 Å². The highest BCUT2D eigenvalue weighted by molar-refractivity contribution is 7.79. The van der Waals surface area contributed by atoms with Gasteiger partial charge in [-0.1, -0.05) is 53.4 Å². The first-order chi connectivity index (χ1) is 7.12. The van der Waals surface area contributed by atoms with Crippen LogP contribution >= 0.6 is 0 Å². The minimum Gasteiger partial charge on any atom is -0.264 e. The summed E-state index contributed by atoms with van der Waals surface area (Å²) < 4.78 is 31.6. The molecule has 0 aliphatic rings. The third kappa shape index (κ3) is 23.6. The van der Waals surface area contributed by atoms with Gasteiger partial charge in [0.1, 0.15) is 0 Å². The van der Waals surface area contributed by atoms with E-state index in [0.29, 0.717) is 5.41 Å². The maximum absolute atomic E-state index is 8.74. The zero-order chi connectivity index (χ0) is 13.2. The average molecular weight is 254 g/mol. The van der Waals surface area contributed by atoms with E-state index in [1.807, 2.05) is 0 Å². The van der Waals surface area contributed by atoms with E-state index in [4.69, 9.17) is 17.5 Å². The van der Waals surface area contributed by atoms with Gasteiger partial charge < -0.3 is 0 Å². The van der Waals surface area contributed by atoms with Crippen molar-refractivity contribution in [3.63, 3.8) is 0 Å². The fourth-order valence-corrected chi connectivity index (χ4v) is 1.44. The molecule has 0 spiro atoms. The van der Waals surface area contributed by atoms with Crippen molar-refractivity contribution in [3.8, 4) is 0 Å². The Kier molecular flexibility index (Phi) is 10.2. The molecule has 0 aliphatic heterocycles. The minimum atomic E-state index is -4.67. The van der Waals surface area contributed by atoms with E-state index >= 15 is 0 Å². The molecule has 0 fully saturated rings. The molecule has 0 aromatic carbocycles. The molecule has 0 amide bonds. The molecular formula is C11H26O4S. The SMILES string of the molecule is CCCCC(C)(C)CCCC.O=S(=O)(O)O. The molecule has 0 heterocycles. The standard InChI is InChI=1S/C11H24.H2O4S/c1-5-7-9-11(3,4)10-8-6-2;1-5(2,3)4/h5-10H2,1-4H3;(H2,1,2,3,4). The molecule has 2 N–H and O–H groups in total. The van der Waals surface area contributed by atoms with Crippen LogP contribution in [0, 0.1) is 5.41 Å². The van der Waals surface area contributed by atoms with Gasteiger partial charge in [0.15, 0.2) is 0 Å².